The van der Waals surface area contributed by atoms with E-state index < -0.39 is 0 Å². The maximum absolute atomic E-state index is 12.1. The molecule has 3 nitrogen and oxygen atoms in total. The van der Waals surface area contributed by atoms with E-state index in [2.05, 4.69) is 17.3 Å². The summed E-state index contributed by atoms with van der Waals surface area (Å²) in [4.78, 5) is 14.3. The Kier molecular flexibility index (Phi) is 5.86. The Morgan fingerprint density at radius 2 is 2.25 bits per heavy atom. The normalized spacial score (nSPS) is 19.8. The zero-order valence-corrected chi connectivity index (χ0v) is 12.8. The molecule has 1 N–H and O–H groups in total. The largest absolute Gasteiger partial charge is 0.356 e. The van der Waals surface area contributed by atoms with Crippen LogP contribution in [0.5, 0.6) is 0 Å². The molecule has 0 saturated carbocycles. The predicted octanol–water partition coefficient (Wildman–Crippen LogP) is 2.73. The number of hydrogen-bond acceptors (Lipinski definition) is 2. The number of aryl methyl sites for hydroxylation is 1. The van der Waals surface area contributed by atoms with E-state index in [-0.39, 0.29) is 11.8 Å². The molecule has 1 aromatic carbocycles. The third kappa shape index (κ3) is 4.50. The third-order valence-corrected chi connectivity index (χ3v) is 4.24. The van der Waals surface area contributed by atoms with Gasteiger partial charge in [0.15, 0.2) is 0 Å². The molecule has 2 rings (SSSR count). The fraction of sp³-hybridized carbons (Fsp3) is 0.562. The molecule has 0 spiro atoms. The van der Waals surface area contributed by atoms with Gasteiger partial charge in [-0.05, 0) is 50.9 Å². The highest BCUT2D eigenvalue weighted by atomic mass is 35.5. The van der Waals surface area contributed by atoms with Gasteiger partial charge >= 0.3 is 0 Å². The predicted molar refractivity (Wildman–Crippen MR) is 83.0 cm³/mol. The fourth-order valence-electron chi connectivity index (χ4n) is 2.72. The van der Waals surface area contributed by atoms with Crippen molar-refractivity contribution in [2.24, 2.45) is 5.92 Å². The van der Waals surface area contributed by atoms with Gasteiger partial charge in [0.1, 0.15) is 0 Å². The molecule has 110 valence electrons. The van der Waals surface area contributed by atoms with Gasteiger partial charge in [0, 0.05) is 18.1 Å². The number of piperidine rings is 1. The molecule has 0 radical (unpaired) electrons. The van der Waals surface area contributed by atoms with Crippen molar-refractivity contribution in [2.45, 2.75) is 25.7 Å². The first-order valence-corrected chi connectivity index (χ1v) is 7.74. The van der Waals surface area contributed by atoms with Crippen molar-refractivity contribution < 1.29 is 4.79 Å². The summed E-state index contributed by atoms with van der Waals surface area (Å²) >= 11 is 6.11. The molecule has 20 heavy (non-hydrogen) atoms. The lowest BCUT2D eigenvalue weighted by molar-refractivity contribution is -0.126. The SMILES string of the molecule is CN1CCCC(C(=O)NCCCc2ccccc2Cl)C1. The van der Waals surface area contributed by atoms with Crippen LogP contribution in [0.3, 0.4) is 0 Å². The van der Waals surface area contributed by atoms with Gasteiger partial charge in [0.2, 0.25) is 5.91 Å². The molecule has 0 aromatic heterocycles. The van der Waals surface area contributed by atoms with Crippen LogP contribution in [0.4, 0.5) is 0 Å². The summed E-state index contributed by atoms with van der Waals surface area (Å²) in [6.45, 7) is 2.72. The molecular formula is C16H23ClN2O. The van der Waals surface area contributed by atoms with Crippen LogP contribution in [0, 0.1) is 5.92 Å². The maximum atomic E-state index is 12.1. The zero-order chi connectivity index (χ0) is 14.4. The monoisotopic (exact) mass is 294 g/mol. The van der Waals surface area contributed by atoms with E-state index in [1.54, 1.807) is 0 Å². The number of benzene rings is 1. The number of carbonyl (C=O) groups is 1. The third-order valence-electron chi connectivity index (χ3n) is 3.88. The van der Waals surface area contributed by atoms with Crippen LogP contribution in [0.15, 0.2) is 24.3 Å². The molecule has 1 aliphatic rings. The molecular weight excluding hydrogens is 272 g/mol. The Labute approximate surface area is 126 Å². The Morgan fingerprint density at radius 1 is 1.45 bits per heavy atom. The van der Waals surface area contributed by atoms with Gasteiger partial charge in [-0.2, -0.15) is 0 Å². The number of hydrogen-bond donors (Lipinski definition) is 1. The van der Waals surface area contributed by atoms with Crippen LogP contribution in [-0.2, 0) is 11.2 Å². The second kappa shape index (κ2) is 7.65. The van der Waals surface area contributed by atoms with Crippen molar-refractivity contribution in [3.63, 3.8) is 0 Å². The van der Waals surface area contributed by atoms with Crippen LogP contribution < -0.4 is 5.32 Å². The van der Waals surface area contributed by atoms with Crippen molar-refractivity contribution in [3.05, 3.63) is 34.9 Å². The summed E-state index contributed by atoms with van der Waals surface area (Å²) in [6.07, 6.45) is 3.97. The van der Waals surface area contributed by atoms with Crippen LogP contribution in [0.1, 0.15) is 24.8 Å². The zero-order valence-electron chi connectivity index (χ0n) is 12.1. The van der Waals surface area contributed by atoms with Crippen molar-refractivity contribution in [1.82, 2.24) is 10.2 Å². The number of amides is 1. The number of likely N-dealkylation sites (tertiary alicyclic amines) is 1. The molecule has 1 aliphatic heterocycles. The summed E-state index contributed by atoms with van der Waals surface area (Å²) in [5.41, 5.74) is 1.15. The van der Waals surface area contributed by atoms with E-state index in [0.717, 1.165) is 55.9 Å². The molecule has 1 fully saturated rings. The highest BCUT2D eigenvalue weighted by Gasteiger charge is 2.23. The average molecular weight is 295 g/mol. The molecule has 1 saturated heterocycles. The Bertz CT molecular complexity index is 450. The fourth-order valence-corrected chi connectivity index (χ4v) is 2.95. The number of nitrogens with zero attached hydrogens (tertiary/aromatic N) is 1. The van der Waals surface area contributed by atoms with Gasteiger partial charge in [-0.3, -0.25) is 4.79 Å². The first-order valence-electron chi connectivity index (χ1n) is 7.36. The standard InChI is InChI=1S/C16H23ClN2O/c1-19-11-5-8-14(12-19)16(20)18-10-4-7-13-6-2-3-9-15(13)17/h2-3,6,9,14H,4-5,7-8,10-12H2,1H3,(H,18,20). The second-order valence-electron chi connectivity index (χ2n) is 5.59. The molecule has 1 unspecified atom stereocenters. The molecule has 1 atom stereocenters. The van der Waals surface area contributed by atoms with Crippen molar-refractivity contribution >= 4 is 17.5 Å². The Balaban J connectivity index is 1.68. The topological polar surface area (TPSA) is 32.3 Å². The second-order valence-corrected chi connectivity index (χ2v) is 5.99. The Hall–Kier alpha value is -1.06. The number of rotatable bonds is 5. The summed E-state index contributed by atoms with van der Waals surface area (Å²) in [5, 5.41) is 3.87. The van der Waals surface area contributed by atoms with Crippen molar-refractivity contribution in [3.8, 4) is 0 Å². The first-order chi connectivity index (χ1) is 9.66. The van der Waals surface area contributed by atoms with Gasteiger partial charge in [-0.25, -0.2) is 0 Å². The van der Waals surface area contributed by atoms with E-state index in [0.29, 0.717) is 0 Å². The van der Waals surface area contributed by atoms with Crippen LogP contribution in [0.2, 0.25) is 5.02 Å². The van der Waals surface area contributed by atoms with Crippen LogP contribution in [-0.4, -0.2) is 37.5 Å². The van der Waals surface area contributed by atoms with E-state index in [1.165, 1.54) is 0 Å². The first kappa shape index (κ1) is 15.3. The highest BCUT2D eigenvalue weighted by Crippen LogP contribution is 2.17. The number of carbonyl (C=O) groups excluding carboxylic acids is 1. The van der Waals surface area contributed by atoms with E-state index in [1.807, 2.05) is 24.3 Å². The molecule has 1 heterocycles. The van der Waals surface area contributed by atoms with Crippen molar-refractivity contribution in [2.75, 3.05) is 26.7 Å². The minimum absolute atomic E-state index is 0.161. The molecule has 1 aromatic rings. The van der Waals surface area contributed by atoms with Gasteiger partial charge < -0.3 is 10.2 Å². The lowest BCUT2D eigenvalue weighted by atomic mass is 9.97. The summed E-state index contributed by atoms with van der Waals surface area (Å²) in [7, 11) is 2.08. The summed E-state index contributed by atoms with van der Waals surface area (Å²) in [5.74, 6) is 0.366. The number of halogens is 1. The lowest BCUT2D eigenvalue weighted by Crippen LogP contribution is -2.41. The van der Waals surface area contributed by atoms with Crippen LogP contribution in [0.25, 0.3) is 0 Å². The minimum atomic E-state index is 0.161. The molecule has 0 bridgehead atoms. The van der Waals surface area contributed by atoms with Gasteiger partial charge in [0.05, 0.1) is 5.92 Å². The van der Waals surface area contributed by atoms with E-state index in [9.17, 15) is 4.79 Å². The lowest BCUT2D eigenvalue weighted by Gasteiger charge is -2.28. The highest BCUT2D eigenvalue weighted by molar-refractivity contribution is 6.31. The summed E-state index contributed by atoms with van der Waals surface area (Å²) in [6, 6.07) is 7.89. The quantitative estimate of drug-likeness (QED) is 0.847. The van der Waals surface area contributed by atoms with Gasteiger partial charge in [0.25, 0.3) is 0 Å². The minimum Gasteiger partial charge on any atom is -0.356 e. The molecule has 0 aliphatic carbocycles. The van der Waals surface area contributed by atoms with Gasteiger partial charge in [-0.1, -0.05) is 29.8 Å². The van der Waals surface area contributed by atoms with Crippen LogP contribution >= 0.6 is 11.6 Å². The Morgan fingerprint density at radius 3 is 3.00 bits per heavy atom. The average Bonchev–Trinajstić information content (AvgIpc) is 2.45. The van der Waals surface area contributed by atoms with E-state index in [4.69, 9.17) is 11.6 Å². The maximum Gasteiger partial charge on any atom is 0.224 e. The molecule has 4 heteroatoms. The van der Waals surface area contributed by atoms with Crippen molar-refractivity contribution in [1.29, 1.82) is 0 Å². The smallest absolute Gasteiger partial charge is 0.224 e. The van der Waals surface area contributed by atoms with E-state index >= 15 is 0 Å². The summed E-state index contributed by atoms with van der Waals surface area (Å²) < 4.78 is 0. The van der Waals surface area contributed by atoms with Gasteiger partial charge in [-0.15, -0.1) is 0 Å². The molecule has 1 amide bonds. The number of nitrogens with one attached hydrogen (secondary N) is 1.